The van der Waals surface area contributed by atoms with E-state index >= 15 is 0 Å². The Morgan fingerprint density at radius 3 is 2.38 bits per heavy atom. The Kier molecular flexibility index (Phi) is 6.54. The van der Waals surface area contributed by atoms with Crippen LogP contribution in [0.4, 0.5) is 0 Å². The highest BCUT2D eigenvalue weighted by molar-refractivity contribution is 7.91. The van der Waals surface area contributed by atoms with Crippen molar-refractivity contribution in [2.75, 3.05) is 11.5 Å². The largest absolute Gasteiger partial charge is 0.457 e. The van der Waals surface area contributed by atoms with Crippen LogP contribution in [0.5, 0.6) is 0 Å². The molecule has 1 aromatic heterocycles. The number of benzene rings is 2. The van der Waals surface area contributed by atoms with Gasteiger partial charge in [0.25, 0.3) is 11.8 Å². The van der Waals surface area contributed by atoms with Crippen molar-refractivity contribution < 1.29 is 22.4 Å². The average Bonchev–Trinajstić information content (AvgIpc) is 3.49. The summed E-state index contributed by atoms with van der Waals surface area (Å²) in [4.78, 5) is 28.0. The number of halogens is 2. The number of hydrogen-bond acceptors (Lipinski definition) is 6. The van der Waals surface area contributed by atoms with Gasteiger partial charge in [-0.2, -0.15) is 5.26 Å². The fourth-order valence-electron chi connectivity index (χ4n) is 4.52. The normalized spacial score (nSPS) is 20.5. The standard InChI is InChI=1S/C27H18Cl2N2O5S/c28-22-8-6-17(12-23(22)29)24-9-7-19(36-24)13-20-25(16-4-2-1-3-5-16)21(14-30)27(33)31(26(20)32)18-10-11-37(34,35)15-18/h1-9,12-13,18H,10-11,15H2. The molecule has 7 nitrogen and oxygen atoms in total. The van der Waals surface area contributed by atoms with Crippen molar-refractivity contribution in [1.82, 2.24) is 4.90 Å². The number of sulfone groups is 1. The van der Waals surface area contributed by atoms with Crippen LogP contribution < -0.4 is 0 Å². The molecule has 3 aromatic rings. The molecule has 0 spiro atoms. The molecule has 2 amide bonds. The second-order valence-electron chi connectivity index (χ2n) is 8.65. The third-order valence-corrected chi connectivity index (χ3v) is 8.76. The Morgan fingerprint density at radius 2 is 1.73 bits per heavy atom. The number of amides is 2. The summed E-state index contributed by atoms with van der Waals surface area (Å²) in [6, 6.07) is 18.1. The van der Waals surface area contributed by atoms with Gasteiger partial charge in [-0.15, -0.1) is 0 Å². The zero-order valence-corrected chi connectivity index (χ0v) is 21.5. The fourth-order valence-corrected chi connectivity index (χ4v) is 6.52. The molecule has 3 heterocycles. The zero-order valence-electron chi connectivity index (χ0n) is 19.1. The lowest BCUT2D eigenvalue weighted by Crippen LogP contribution is -2.49. The lowest BCUT2D eigenvalue weighted by molar-refractivity contribution is -0.142. The van der Waals surface area contributed by atoms with E-state index in [-0.39, 0.29) is 34.6 Å². The van der Waals surface area contributed by atoms with Crippen molar-refractivity contribution in [1.29, 1.82) is 5.26 Å². The topological polar surface area (TPSA) is 108 Å². The maximum atomic E-state index is 13.8. The van der Waals surface area contributed by atoms with E-state index < -0.39 is 27.7 Å². The van der Waals surface area contributed by atoms with Gasteiger partial charge in [-0.05, 0) is 48.4 Å². The first-order valence-electron chi connectivity index (χ1n) is 11.2. The van der Waals surface area contributed by atoms with E-state index in [9.17, 15) is 23.3 Å². The van der Waals surface area contributed by atoms with Crippen molar-refractivity contribution in [3.05, 3.63) is 93.2 Å². The van der Waals surface area contributed by atoms with Crippen molar-refractivity contribution in [3.63, 3.8) is 0 Å². The molecule has 1 atom stereocenters. The Hall–Kier alpha value is -3.64. The van der Waals surface area contributed by atoms with E-state index in [0.717, 1.165) is 4.90 Å². The van der Waals surface area contributed by atoms with Gasteiger partial charge in [0.2, 0.25) is 0 Å². The smallest absolute Gasteiger partial charge is 0.272 e. The lowest BCUT2D eigenvalue weighted by atomic mass is 9.87. The summed E-state index contributed by atoms with van der Waals surface area (Å²) in [6.07, 6.45) is 1.58. The Bertz CT molecular complexity index is 1650. The van der Waals surface area contributed by atoms with Crippen molar-refractivity contribution in [2.24, 2.45) is 0 Å². The molecule has 0 radical (unpaired) electrons. The van der Waals surface area contributed by atoms with Crippen LogP contribution >= 0.6 is 23.2 Å². The summed E-state index contributed by atoms with van der Waals surface area (Å²) in [7, 11) is -3.40. The molecule has 186 valence electrons. The molecule has 0 saturated carbocycles. The SMILES string of the molecule is N#CC1=C(c2ccccc2)C(=Cc2ccc(-c3ccc(Cl)c(Cl)c3)o2)C(=O)N(C2CCS(=O)(=O)C2)C1=O. The summed E-state index contributed by atoms with van der Waals surface area (Å²) in [5.74, 6) is -1.19. The number of rotatable bonds is 4. The summed E-state index contributed by atoms with van der Waals surface area (Å²) in [5.41, 5.74) is 1.16. The Labute approximate surface area is 223 Å². The van der Waals surface area contributed by atoms with Crippen molar-refractivity contribution >= 4 is 56.5 Å². The van der Waals surface area contributed by atoms with Gasteiger partial charge in [0.05, 0.1) is 33.2 Å². The van der Waals surface area contributed by atoms with Crippen LogP contribution in [0.1, 0.15) is 17.7 Å². The first-order valence-corrected chi connectivity index (χ1v) is 13.8. The highest BCUT2D eigenvalue weighted by atomic mass is 35.5. The highest BCUT2D eigenvalue weighted by Gasteiger charge is 2.45. The van der Waals surface area contributed by atoms with Crippen LogP contribution in [-0.2, 0) is 19.4 Å². The van der Waals surface area contributed by atoms with Crippen LogP contribution in [0.25, 0.3) is 23.0 Å². The minimum atomic E-state index is -3.40. The minimum absolute atomic E-state index is 0.0571. The predicted octanol–water partition coefficient (Wildman–Crippen LogP) is 5.17. The van der Waals surface area contributed by atoms with E-state index in [1.165, 1.54) is 6.08 Å². The summed E-state index contributed by atoms with van der Waals surface area (Å²) >= 11 is 12.1. The molecule has 37 heavy (non-hydrogen) atoms. The summed E-state index contributed by atoms with van der Waals surface area (Å²) in [6.45, 7) is 0. The maximum Gasteiger partial charge on any atom is 0.272 e. The molecule has 2 aromatic carbocycles. The molecular weight excluding hydrogens is 535 g/mol. The first-order chi connectivity index (χ1) is 17.7. The van der Waals surface area contributed by atoms with Crippen LogP contribution in [-0.4, -0.2) is 42.7 Å². The first kappa shape index (κ1) is 25.0. The van der Waals surface area contributed by atoms with E-state index in [2.05, 4.69) is 0 Å². The third-order valence-electron chi connectivity index (χ3n) is 6.27. The van der Waals surface area contributed by atoms with Crippen molar-refractivity contribution in [2.45, 2.75) is 12.5 Å². The average molecular weight is 553 g/mol. The second-order valence-corrected chi connectivity index (χ2v) is 11.7. The number of carbonyl (C=O) groups excluding carboxylic acids is 2. The molecule has 5 rings (SSSR count). The molecule has 1 unspecified atom stereocenters. The number of carbonyl (C=O) groups is 2. The Morgan fingerprint density at radius 1 is 0.973 bits per heavy atom. The maximum absolute atomic E-state index is 13.8. The van der Waals surface area contributed by atoms with E-state index in [0.29, 0.717) is 32.7 Å². The number of nitriles is 1. The molecule has 1 saturated heterocycles. The van der Waals surface area contributed by atoms with Gasteiger partial charge in [-0.3, -0.25) is 14.5 Å². The molecule has 2 aliphatic rings. The van der Waals surface area contributed by atoms with Crippen LogP contribution in [0.15, 0.2) is 76.2 Å². The van der Waals surface area contributed by atoms with Crippen LogP contribution in [0, 0.1) is 11.3 Å². The third kappa shape index (κ3) is 4.74. The van der Waals surface area contributed by atoms with E-state index in [1.54, 1.807) is 60.7 Å². The zero-order chi connectivity index (χ0) is 26.3. The van der Waals surface area contributed by atoms with Gasteiger partial charge in [0, 0.05) is 11.1 Å². The molecular formula is C27H18Cl2N2O5S. The molecule has 0 N–H and O–H groups in total. The second kappa shape index (κ2) is 9.67. The molecule has 0 aliphatic carbocycles. The van der Waals surface area contributed by atoms with Crippen LogP contribution in [0.2, 0.25) is 10.0 Å². The van der Waals surface area contributed by atoms with Gasteiger partial charge in [-0.25, -0.2) is 8.42 Å². The molecule has 0 bridgehead atoms. The van der Waals surface area contributed by atoms with E-state index in [4.69, 9.17) is 27.6 Å². The van der Waals surface area contributed by atoms with Crippen LogP contribution in [0.3, 0.4) is 0 Å². The monoisotopic (exact) mass is 552 g/mol. The van der Waals surface area contributed by atoms with Gasteiger partial charge >= 0.3 is 0 Å². The van der Waals surface area contributed by atoms with Gasteiger partial charge in [0.1, 0.15) is 23.2 Å². The van der Waals surface area contributed by atoms with Gasteiger partial charge in [-0.1, -0.05) is 53.5 Å². The van der Waals surface area contributed by atoms with Gasteiger partial charge < -0.3 is 4.42 Å². The molecule has 10 heteroatoms. The Balaban J connectivity index is 1.65. The fraction of sp³-hybridized carbons (Fsp3) is 0.148. The summed E-state index contributed by atoms with van der Waals surface area (Å²) in [5, 5.41) is 10.7. The van der Waals surface area contributed by atoms with Crippen molar-refractivity contribution in [3.8, 4) is 17.4 Å². The molecule has 1 fully saturated rings. The number of furan rings is 1. The minimum Gasteiger partial charge on any atom is -0.457 e. The number of imide groups is 1. The van der Waals surface area contributed by atoms with E-state index in [1.807, 2.05) is 6.07 Å². The predicted molar refractivity (Wildman–Crippen MR) is 140 cm³/mol. The molecule has 2 aliphatic heterocycles. The lowest BCUT2D eigenvalue weighted by Gasteiger charge is -2.32. The number of hydrogen-bond donors (Lipinski definition) is 0. The number of nitrogens with zero attached hydrogens (tertiary/aromatic N) is 2. The summed E-state index contributed by atoms with van der Waals surface area (Å²) < 4.78 is 30.2. The van der Waals surface area contributed by atoms with Gasteiger partial charge in [0.15, 0.2) is 9.84 Å². The highest BCUT2D eigenvalue weighted by Crippen LogP contribution is 2.38. The quantitative estimate of drug-likeness (QED) is 0.326.